The topological polar surface area (TPSA) is 905 Å². The van der Waals surface area contributed by atoms with Crippen LogP contribution in [0.1, 0.15) is 196 Å². The largest absolute Gasteiger partial charge is 0.508 e. The molecule has 2 aromatic carbocycles. The van der Waals surface area contributed by atoms with Crippen molar-refractivity contribution in [1.82, 2.24) is 106 Å². The summed E-state index contributed by atoms with van der Waals surface area (Å²) in [6, 6.07) is -12.5. The van der Waals surface area contributed by atoms with Crippen molar-refractivity contribution in [2.24, 2.45) is 52.3 Å². The Hall–Kier alpha value is -15.2. The van der Waals surface area contributed by atoms with Gasteiger partial charge in [0.25, 0.3) is 0 Å². The van der Waals surface area contributed by atoms with Crippen molar-refractivity contribution in [2.75, 3.05) is 39.3 Å². The predicted octanol–water partition coefficient (Wildman–Crippen LogP) is -7.94. The SMILES string of the molecule is CC(C)C[C@H](NC(=O)[C@H](CC(=O)O)NC(=O)[C@@H]1CCCN1C(=O)[C@@H](N)Cc1ccc(O)cc1)C(=O)N[C@@H](CCCNC(=N)N)C(=O)N[C@@H](CCCNC(=N)N)C(=O)N[C@H](C(=O)N[C@@H](CCC(=O)O)C(=O)N[C@@H](CC(C)C)C(=O)N[C@H](C(=O)N[C@H](C(=O)N[C@H](C(=O)NCC(=O)N[C@@H](CCC(N)=O)C(=O)N[C@@H](C)C(=O)N1CCC[C@H]1C(=O)N[C@@H](Cc1ccccc1)C(=O)N[C@@H](CCCNC(=N)N)C(=O)O)[C@@H](C)O)C(C)C)[C@@H](C)O)C(C)C. The maximum absolute atomic E-state index is 14.8. The van der Waals surface area contributed by atoms with Crippen molar-refractivity contribution >= 4 is 142 Å². The van der Waals surface area contributed by atoms with Gasteiger partial charge in [-0.05, 0) is 164 Å². The second-order valence-electron chi connectivity index (χ2n) is 38.6. The van der Waals surface area contributed by atoms with E-state index in [1.165, 1.54) is 51.7 Å². The van der Waals surface area contributed by atoms with Crippen LogP contribution in [0.4, 0.5) is 0 Å². The van der Waals surface area contributed by atoms with Crippen molar-refractivity contribution < 1.29 is 131 Å². The van der Waals surface area contributed by atoms with Crippen molar-refractivity contribution in [3.8, 4) is 5.75 Å². The summed E-state index contributed by atoms with van der Waals surface area (Å²) in [5.41, 5.74) is 29.3. The predicted molar refractivity (Wildman–Crippen MR) is 540 cm³/mol. The molecule has 18 amide bonds. The number of guanidine groups is 3. The number of carboxylic acid groups (broad SMARTS) is 3. The van der Waals surface area contributed by atoms with Gasteiger partial charge in [-0.3, -0.25) is 112 Å². The zero-order valence-corrected chi connectivity index (χ0v) is 86.2. The highest BCUT2D eigenvalue weighted by atomic mass is 16.4. The smallest absolute Gasteiger partial charge is 0.326 e. The molecule has 834 valence electrons. The Labute approximate surface area is 867 Å². The lowest BCUT2D eigenvalue weighted by atomic mass is 9.99. The van der Waals surface area contributed by atoms with E-state index in [-0.39, 0.29) is 128 Å². The summed E-state index contributed by atoms with van der Waals surface area (Å²) in [4.78, 5) is 294. The third-order valence-corrected chi connectivity index (χ3v) is 24.2. The van der Waals surface area contributed by atoms with Gasteiger partial charge in [0.1, 0.15) is 102 Å². The van der Waals surface area contributed by atoms with Gasteiger partial charge < -0.3 is 165 Å². The summed E-state index contributed by atoms with van der Waals surface area (Å²) in [7, 11) is 0. The van der Waals surface area contributed by atoms with Gasteiger partial charge in [0.05, 0.1) is 31.2 Å². The molecule has 19 atom stereocenters. The number of phenols is 1. The monoisotopic (exact) mass is 2120 g/mol. The first-order chi connectivity index (χ1) is 70.4. The van der Waals surface area contributed by atoms with E-state index in [1.807, 2.05) is 0 Å². The van der Waals surface area contributed by atoms with Crippen molar-refractivity contribution in [2.45, 2.75) is 313 Å². The van der Waals surface area contributed by atoms with Crippen molar-refractivity contribution in [3.05, 3.63) is 65.7 Å². The van der Waals surface area contributed by atoms with Gasteiger partial charge in [0.15, 0.2) is 17.9 Å². The molecule has 37 N–H and O–H groups in total. The fraction of sp³-hybridized carbons (Fsp3) is 0.621. The third kappa shape index (κ3) is 44.8. The molecule has 0 unspecified atom stereocenters. The summed E-state index contributed by atoms with van der Waals surface area (Å²) in [5.74, 6) is -26.8. The van der Waals surface area contributed by atoms with E-state index in [0.717, 1.165) is 18.7 Å². The number of nitrogens with two attached hydrogens (primary N) is 5. The number of hydrogen-bond donors (Lipinski definition) is 32. The zero-order chi connectivity index (χ0) is 113. The van der Waals surface area contributed by atoms with Crippen LogP contribution in [0.2, 0.25) is 0 Å². The molecule has 0 aliphatic carbocycles. The first kappa shape index (κ1) is 127. The van der Waals surface area contributed by atoms with E-state index in [0.29, 0.717) is 17.5 Å². The molecule has 2 aliphatic heterocycles. The number of amides is 18. The van der Waals surface area contributed by atoms with E-state index in [2.05, 4.69) is 95.7 Å². The molecule has 0 saturated carbocycles. The summed E-state index contributed by atoms with van der Waals surface area (Å²) in [6.07, 6.45) is -7.25. The number of carbonyl (C=O) groups is 21. The Bertz CT molecular complexity index is 5010. The third-order valence-electron chi connectivity index (χ3n) is 24.2. The maximum Gasteiger partial charge on any atom is 0.326 e. The number of nitrogens with one attached hydrogen (secondary N) is 21. The highest BCUT2D eigenvalue weighted by Gasteiger charge is 2.45. The highest BCUT2D eigenvalue weighted by molar-refractivity contribution is 6.02. The average molecular weight is 2120 g/mol. The van der Waals surface area contributed by atoms with E-state index < -0.39 is 313 Å². The molecule has 0 bridgehead atoms. The van der Waals surface area contributed by atoms with E-state index in [4.69, 9.17) is 44.9 Å². The number of carboxylic acids is 3. The van der Waals surface area contributed by atoms with Crippen LogP contribution in [0.15, 0.2) is 54.6 Å². The zero-order valence-electron chi connectivity index (χ0n) is 86.2. The molecule has 0 aromatic heterocycles. The van der Waals surface area contributed by atoms with Crippen LogP contribution < -0.4 is 124 Å². The van der Waals surface area contributed by atoms with Crippen molar-refractivity contribution in [1.29, 1.82) is 16.2 Å². The minimum Gasteiger partial charge on any atom is -0.508 e. The van der Waals surface area contributed by atoms with Gasteiger partial charge in [0.2, 0.25) is 106 Å². The number of aliphatic hydroxyl groups excluding tert-OH is 2. The number of aliphatic carboxylic acids is 3. The fourth-order valence-electron chi connectivity index (χ4n) is 16.3. The quantitative estimate of drug-likeness (QED) is 0.0166. The molecule has 0 radical (unpaired) electrons. The highest BCUT2D eigenvalue weighted by Crippen LogP contribution is 2.24. The molecule has 0 spiro atoms. The van der Waals surface area contributed by atoms with Gasteiger partial charge in [-0.2, -0.15) is 0 Å². The molecule has 55 heteroatoms. The Morgan fingerprint density at radius 2 is 0.733 bits per heavy atom. The molecule has 4 rings (SSSR count). The van der Waals surface area contributed by atoms with Gasteiger partial charge in [-0.1, -0.05) is 97.9 Å². The van der Waals surface area contributed by atoms with Gasteiger partial charge in [0, 0.05) is 52.0 Å². The van der Waals surface area contributed by atoms with Gasteiger partial charge in [-0.25, -0.2) is 4.79 Å². The summed E-state index contributed by atoms with van der Waals surface area (Å²) in [5, 5.41) is 129. The lowest BCUT2D eigenvalue weighted by molar-refractivity contribution is -0.143. The number of carbonyl (C=O) groups excluding carboxylic acids is 18. The Balaban J connectivity index is 1.51. The van der Waals surface area contributed by atoms with E-state index in [1.54, 1.807) is 70.2 Å². The number of nitrogens with zero attached hydrogens (tertiary/aromatic N) is 2. The number of hydrogen-bond acceptors (Lipinski definition) is 28. The number of benzene rings is 2. The number of phenolic OH excluding ortho intramolecular Hbond substituents is 1. The lowest BCUT2D eigenvalue weighted by Crippen LogP contribution is -2.63. The van der Waals surface area contributed by atoms with Gasteiger partial charge in [-0.15, -0.1) is 0 Å². The number of primary amides is 1. The van der Waals surface area contributed by atoms with Crippen LogP contribution in [0.5, 0.6) is 5.75 Å². The Morgan fingerprint density at radius 3 is 1.19 bits per heavy atom. The molecular weight excluding hydrogens is 1970 g/mol. The van der Waals surface area contributed by atoms with Gasteiger partial charge >= 0.3 is 17.9 Å². The van der Waals surface area contributed by atoms with Crippen LogP contribution in [-0.4, -0.2) is 337 Å². The van der Waals surface area contributed by atoms with Crippen LogP contribution in [0.25, 0.3) is 0 Å². The molecule has 2 fully saturated rings. The normalized spacial score (nSPS) is 16.6. The van der Waals surface area contributed by atoms with E-state index in [9.17, 15) is 131 Å². The first-order valence-electron chi connectivity index (χ1n) is 49.6. The standard InChI is InChI=1S/C95H152N28O27/c1-46(2)40-62(115-82(139)65(44-71(131)132)117-85(142)67-26-19-39-123(67)91(148)56(96)42-54-27-29-55(126)30-28-54)80(137)111-57(22-15-35-104-93(98)99)77(134)110-58(23-16-36-105-94(100)101)79(136)118-72(48(5)6)87(144)112-60(32-34-70(129)130)78(135)114-63(41-47(3)4)83(140)120-75(52(11)125)89(146)119-73(49(7)8)88(145)121-74(51(10)124)86(143)107-45-69(128)109-59(31-33-68(97)127)76(133)108-50(9)90(147)122-38-18-25-66(122)84(141)116-64(43-53-20-13-12-14-21-53)81(138)113-61(92(149)150)24-17-37-106-95(102)103/h12-14,20-21,27-30,46-52,56-67,72-75,124-126H,15-19,22-26,31-45,96H2,1-11H3,(H2,97,127)(H,107,143)(H,108,133)(H,109,128)(H,110,134)(H,111,137)(H,112,144)(H,113,138)(H,114,135)(H,115,139)(H,116,141)(H,117,142)(H,118,136)(H,119,146)(H,120,140)(H,121,145)(H,129,130)(H,131,132)(H,149,150)(H4,98,99,104)(H4,100,101,105)(H4,102,103,106)/t50-,51+,52+,56-,57-,58-,59-,60-,61-,62-,63-,64-,65-,66-,67-,72-,73-,74-,75-/m0/s1. The minimum atomic E-state index is -1.97. The van der Waals surface area contributed by atoms with Crippen molar-refractivity contribution in [3.63, 3.8) is 0 Å². The van der Waals surface area contributed by atoms with E-state index >= 15 is 0 Å². The van der Waals surface area contributed by atoms with Crippen LogP contribution in [0.3, 0.4) is 0 Å². The number of aromatic hydroxyl groups is 1. The maximum atomic E-state index is 14.8. The molecule has 2 saturated heterocycles. The summed E-state index contributed by atoms with van der Waals surface area (Å²) >= 11 is 0. The van der Waals surface area contributed by atoms with Crippen LogP contribution >= 0.6 is 0 Å². The second kappa shape index (κ2) is 63.5. The number of rotatable bonds is 65. The second-order valence-corrected chi connectivity index (χ2v) is 38.6. The Morgan fingerprint density at radius 1 is 0.373 bits per heavy atom. The molecule has 2 aliphatic rings. The van der Waals surface area contributed by atoms with Crippen LogP contribution in [-0.2, 0) is 114 Å². The number of aliphatic hydroxyl groups is 2. The first-order valence-corrected chi connectivity index (χ1v) is 49.6. The minimum absolute atomic E-state index is 0.00417. The van der Waals surface area contributed by atoms with Crippen LogP contribution in [0, 0.1) is 39.9 Å². The fourth-order valence-corrected chi connectivity index (χ4v) is 16.3. The molecule has 2 aromatic rings. The summed E-state index contributed by atoms with van der Waals surface area (Å²) in [6.45, 7) is 14.9. The molecule has 150 heavy (non-hydrogen) atoms. The lowest BCUT2D eigenvalue weighted by Gasteiger charge is -2.30. The number of likely N-dealkylation sites (tertiary alicyclic amines) is 2. The average Bonchev–Trinajstić information content (AvgIpc) is 1.62. The molecule has 2 heterocycles. The molecular formula is C95H152N28O27. The summed E-state index contributed by atoms with van der Waals surface area (Å²) < 4.78 is 0. The Kier molecular flexibility index (Phi) is 53.8. The molecule has 55 nitrogen and oxygen atoms in total.